The molecule has 1 aromatic carbocycles. The number of ether oxygens (including phenoxy) is 1. The molecule has 2 amide bonds. The van der Waals surface area contributed by atoms with Crippen LogP contribution in [0.15, 0.2) is 24.3 Å². The Morgan fingerprint density at radius 3 is 2.38 bits per heavy atom. The molecule has 160 valence electrons. The van der Waals surface area contributed by atoms with Gasteiger partial charge in [0.05, 0.1) is 26.2 Å². The average molecular weight is 405 g/mol. The molecule has 3 N–H and O–H groups in total. The number of piperazine rings is 1. The summed E-state index contributed by atoms with van der Waals surface area (Å²) in [5, 5.41) is 3.05. The van der Waals surface area contributed by atoms with Gasteiger partial charge in [-0.25, -0.2) is 0 Å². The summed E-state index contributed by atoms with van der Waals surface area (Å²) in [7, 11) is 0. The molecule has 7 heteroatoms. The first-order chi connectivity index (χ1) is 13.9. The number of aryl methyl sites for hydroxylation is 1. The van der Waals surface area contributed by atoms with E-state index in [2.05, 4.69) is 26.1 Å². The number of nitrogens with one attached hydrogen (secondary N) is 3. The third-order valence-corrected chi connectivity index (χ3v) is 5.92. The van der Waals surface area contributed by atoms with Gasteiger partial charge >= 0.3 is 0 Å². The molecule has 0 bridgehead atoms. The highest BCUT2D eigenvalue weighted by Crippen LogP contribution is 2.14. The molecule has 2 atom stereocenters. The van der Waals surface area contributed by atoms with Gasteiger partial charge in [-0.15, -0.1) is 0 Å². The largest absolute Gasteiger partial charge is 0.364 e. The van der Waals surface area contributed by atoms with Gasteiger partial charge in [-0.2, -0.15) is 0 Å². The number of nitrogens with zero attached hydrogens (tertiary/aromatic N) is 1. The van der Waals surface area contributed by atoms with Gasteiger partial charge < -0.3 is 24.8 Å². The number of amides is 2. The Bertz CT molecular complexity index is 693. The van der Waals surface area contributed by atoms with Crippen LogP contribution in [0.5, 0.6) is 0 Å². The maximum absolute atomic E-state index is 12.7. The predicted octanol–water partition coefficient (Wildman–Crippen LogP) is -1.39. The van der Waals surface area contributed by atoms with Crippen molar-refractivity contribution in [3.63, 3.8) is 0 Å². The van der Waals surface area contributed by atoms with Crippen LogP contribution < -0.4 is 15.1 Å². The quantitative estimate of drug-likeness (QED) is 0.547. The van der Waals surface area contributed by atoms with E-state index >= 15 is 0 Å². The van der Waals surface area contributed by atoms with Crippen LogP contribution in [0.3, 0.4) is 0 Å². The predicted molar refractivity (Wildman–Crippen MR) is 112 cm³/mol. The summed E-state index contributed by atoms with van der Waals surface area (Å²) in [6, 6.07) is 7.95. The summed E-state index contributed by atoms with van der Waals surface area (Å²) in [6.45, 7) is 12.1. The van der Waals surface area contributed by atoms with Crippen LogP contribution in [0.25, 0.3) is 0 Å². The van der Waals surface area contributed by atoms with Gasteiger partial charge in [-0.3, -0.25) is 9.59 Å². The number of carbonyl (C=O) groups is 2. The van der Waals surface area contributed by atoms with Crippen LogP contribution in [0.2, 0.25) is 0 Å². The van der Waals surface area contributed by atoms with E-state index in [1.165, 1.54) is 9.80 Å². The van der Waals surface area contributed by atoms with Gasteiger partial charge in [0.1, 0.15) is 25.3 Å². The Morgan fingerprint density at radius 1 is 1.07 bits per heavy atom. The monoisotopic (exact) mass is 404 g/mol. The number of anilines is 1. The van der Waals surface area contributed by atoms with Crippen molar-refractivity contribution >= 4 is 17.5 Å². The molecule has 2 heterocycles. The number of morpholine rings is 1. The number of carbonyl (C=O) groups excluding carboxylic acids is 2. The standard InChI is InChI=1S/C22H34N4O3/c1-4-19-7-5-6-8-20(19)23-21(27)15-24-9-11-26(12-10-24)22(28)16-25-13-17(2)29-18(3)14-25/h5-8,17-18H,4,9-16H2,1-3H3,(H,23,27)/p+2/t17-,18-/m0/s1. The molecular formula is C22H36N4O3+2. The number of rotatable bonds is 6. The van der Waals surface area contributed by atoms with Crippen molar-refractivity contribution in [3.05, 3.63) is 29.8 Å². The van der Waals surface area contributed by atoms with Gasteiger partial charge in [0.25, 0.3) is 11.8 Å². The molecule has 2 fully saturated rings. The lowest BCUT2D eigenvalue weighted by molar-refractivity contribution is -0.908. The Morgan fingerprint density at radius 2 is 1.72 bits per heavy atom. The molecule has 3 rings (SSSR count). The zero-order valence-corrected chi connectivity index (χ0v) is 18.0. The normalized spacial score (nSPS) is 25.6. The summed E-state index contributed by atoms with van der Waals surface area (Å²) in [5.74, 6) is 0.267. The highest BCUT2D eigenvalue weighted by molar-refractivity contribution is 5.92. The summed E-state index contributed by atoms with van der Waals surface area (Å²) in [4.78, 5) is 29.7. The molecule has 7 nitrogen and oxygen atoms in total. The van der Waals surface area contributed by atoms with E-state index < -0.39 is 0 Å². The van der Waals surface area contributed by atoms with Gasteiger partial charge in [0.2, 0.25) is 0 Å². The third kappa shape index (κ3) is 6.26. The number of benzene rings is 1. The molecule has 2 saturated heterocycles. The average Bonchev–Trinajstić information content (AvgIpc) is 2.68. The van der Waals surface area contributed by atoms with Crippen LogP contribution in [0.4, 0.5) is 5.69 Å². The van der Waals surface area contributed by atoms with Gasteiger partial charge in [-0.1, -0.05) is 25.1 Å². The molecule has 0 aliphatic carbocycles. The van der Waals surface area contributed by atoms with Crippen molar-refractivity contribution in [3.8, 4) is 0 Å². The van der Waals surface area contributed by atoms with Crippen LogP contribution in [-0.4, -0.2) is 81.3 Å². The van der Waals surface area contributed by atoms with E-state index in [4.69, 9.17) is 4.74 Å². The third-order valence-electron chi connectivity index (χ3n) is 5.92. The van der Waals surface area contributed by atoms with Crippen LogP contribution in [0, 0.1) is 0 Å². The second-order valence-corrected chi connectivity index (χ2v) is 8.46. The first-order valence-electron chi connectivity index (χ1n) is 10.9. The van der Waals surface area contributed by atoms with E-state index in [1.54, 1.807) is 0 Å². The maximum Gasteiger partial charge on any atom is 0.279 e. The molecule has 2 aliphatic heterocycles. The second-order valence-electron chi connectivity index (χ2n) is 8.46. The number of hydrogen-bond donors (Lipinski definition) is 3. The molecule has 29 heavy (non-hydrogen) atoms. The zero-order valence-electron chi connectivity index (χ0n) is 18.0. The molecule has 0 unspecified atom stereocenters. The topological polar surface area (TPSA) is 67.5 Å². The van der Waals surface area contributed by atoms with Crippen LogP contribution >= 0.6 is 0 Å². The van der Waals surface area contributed by atoms with Gasteiger partial charge in [0, 0.05) is 5.69 Å². The molecule has 2 aliphatic rings. The minimum atomic E-state index is 0.0430. The minimum absolute atomic E-state index is 0.0430. The SMILES string of the molecule is CCc1ccccc1NC(=O)C[NH+]1CCN(C(=O)C[NH+]2C[C@H](C)O[C@@H](C)C2)CC1. The first kappa shape index (κ1) is 21.7. The van der Waals surface area contributed by atoms with Crippen molar-refractivity contribution in [2.24, 2.45) is 0 Å². The summed E-state index contributed by atoms with van der Waals surface area (Å²) in [5.41, 5.74) is 2.06. The van der Waals surface area contributed by atoms with E-state index in [9.17, 15) is 9.59 Å². The van der Waals surface area contributed by atoms with Gasteiger partial charge in [0.15, 0.2) is 13.1 Å². The Labute approximate surface area is 174 Å². The lowest BCUT2D eigenvalue weighted by atomic mass is 10.1. The lowest BCUT2D eigenvalue weighted by Crippen LogP contribution is -3.17. The number of hydrogen-bond acceptors (Lipinski definition) is 3. The molecule has 1 aromatic rings. The van der Waals surface area contributed by atoms with E-state index in [-0.39, 0.29) is 24.0 Å². The fraction of sp³-hybridized carbons (Fsp3) is 0.636. The second kappa shape index (κ2) is 10.2. The lowest BCUT2D eigenvalue weighted by Gasteiger charge is -2.35. The highest BCUT2D eigenvalue weighted by atomic mass is 16.5. The molecule has 0 aromatic heterocycles. The summed E-state index contributed by atoms with van der Waals surface area (Å²) >= 11 is 0. The Balaban J connectivity index is 1.41. The summed E-state index contributed by atoms with van der Waals surface area (Å²) in [6.07, 6.45) is 1.31. The summed E-state index contributed by atoms with van der Waals surface area (Å²) < 4.78 is 5.76. The fourth-order valence-electron chi connectivity index (χ4n) is 4.48. The Hall–Kier alpha value is -1.96. The van der Waals surface area contributed by atoms with Crippen LogP contribution in [-0.2, 0) is 20.7 Å². The Kier molecular flexibility index (Phi) is 7.64. The van der Waals surface area contributed by atoms with Crippen molar-refractivity contribution in [1.29, 1.82) is 0 Å². The van der Waals surface area contributed by atoms with Crippen molar-refractivity contribution < 1.29 is 24.1 Å². The van der Waals surface area contributed by atoms with Crippen molar-refractivity contribution in [1.82, 2.24) is 4.90 Å². The van der Waals surface area contributed by atoms with E-state index in [0.29, 0.717) is 13.1 Å². The molecule has 0 spiro atoms. The van der Waals surface area contributed by atoms with Crippen molar-refractivity contribution in [2.75, 3.05) is 57.7 Å². The van der Waals surface area contributed by atoms with Gasteiger partial charge in [-0.05, 0) is 31.9 Å². The molecular weight excluding hydrogens is 368 g/mol. The van der Waals surface area contributed by atoms with E-state index in [1.807, 2.05) is 29.2 Å². The molecule has 0 saturated carbocycles. The van der Waals surface area contributed by atoms with E-state index in [0.717, 1.165) is 56.9 Å². The minimum Gasteiger partial charge on any atom is -0.364 e. The van der Waals surface area contributed by atoms with Crippen LogP contribution in [0.1, 0.15) is 26.3 Å². The van der Waals surface area contributed by atoms with Crippen molar-refractivity contribution in [2.45, 2.75) is 39.4 Å². The first-order valence-corrected chi connectivity index (χ1v) is 10.9. The highest BCUT2D eigenvalue weighted by Gasteiger charge is 2.31. The zero-order chi connectivity index (χ0) is 20.8. The molecule has 0 radical (unpaired) electrons. The smallest absolute Gasteiger partial charge is 0.279 e. The maximum atomic E-state index is 12.7. The number of quaternary nitrogens is 2. The number of para-hydroxylation sites is 1. The fourth-order valence-corrected chi connectivity index (χ4v) is 4.48.